The Bertz CT molecular complexity index is 470. The van der Waals surface area contributed by atoms with E-state index in [9.17, 15) is 4.79 Å². The molecular formula is C9H5ClN2O. The van der Waals surface area contributed by atoms with Crippen LogP contribution in [-0.4, -0.2) is 16.3 Å². The van der Waals surface area contributed by atoms with Crippen LogP contribution in [0.5, 0.6) is 0 Å². The van der Waals surface area contributed by atoms with Gasteiger partial charge in [-0.25, -0.2) is 4.98 Å². The van der Waals surface area contributed by atoms with E-state index < -0.39 is 0 Å². The number of carbonyl (C=O) groups is 1. The molecule has 0 spiro atoms. The number of carbonyl (C=O) groups excluding carboxylic acids is 1. The van der Waals surface area contributed by atoms with Gasteiger partial charge in [0, 0.05) is 0 Å². The van der Waals surface area contributed by atoms with Crippen molar-refractivity contribution >= 4 is 28.9 Å². The molecule has 3 nitrogen and oxygen atoms in total. The zero-order valence-electron chi connectivity index (χ0n) is 6.57. The highest BCUT2D eigenvalue weighted by Gasteiger charge is 2.01. The molecule has 0 N–H and O–H groups in total. The van der Waals surface area contributed by atoms with E-state index in [2.05, 4.69) is 9.97 Å². The molecule has 0 saturated heterocycles. The summed E-state index contributed by atoms with van der Waals surface area (Å²) < 4.78 is 0. The van der Waals surface area contributed by atoms with Gasteiger partial charge >= 0.3 is 0 Å². The van der Waals surface area contributed by atoms with Crippen LogP contribution in [0.15, 0.2) is 24.4 Å². The van der Waals surface area contributed by atoms with Gasteiger partial charge in [-0.1, -0.05) is 17.7 Å². The third-order valence-corrected chi connectivity index (χ3v) is 1.97. The van der Waals surface area contributed by atoms with Gasteiger partial charge in [-0.2, -0.15) is 0 Å². The number of rotatable bonds is 1. The minimum absolute atomic E-state index is 0.315. The van der Waals surface area contributed by atoms with Gasteiger partial charge < -0.3 is 0 Å². The summed E-state index contributed by atoms with van der Waals surface area (Å²) in [5.74, 6) is 0. The van der Waals surface area contributed by atoms with Crippen LogP contribution in [0.4, 0.5) is 0 Å². The molecule has 0 amide bonds. The van der Waals surface area contributed by atoms with E-state index in [1.807, 2.05) is 0 Å². The van der Waals surface area contributed by atoms with Crippen molar-refractivity contribution in [1.29, 1.82) is 0 Å². The Hall–Kier alpha value is -1.48. The molecule has 0 aliphatic heterocycles. The Morgan fingerprint density at radius 1 is 1.38 bits per heavy atom. The molecule has 0 aliphatic rings. The van der Waals surface area contributed by atoms with E-state index in [-0.39, 0.29) is 0 Å². The first kappa shape index (κ1) is 8.13. The Labute approximate surface area is 79.4 Å². The van der Waals surface area contributed by atoms with E-state index in [0.29, 0.717) is 28.0 Å². The van der Waals surface area contributed by atoms with Gasteiger partial charge in [0.05, 0.1) is 16.7 Å². The number of hydrogen-bond acceptors (Lipinski definition) is 3. The van der Waals surface area contributed by atoms with Crippen molar-refractivity contribution in [2.24, 2.45) is 0 Å². The SMILES string of the molecule is O=Cc1cnc2c(Cl)cccc2n1. The van der Waals surface area contributed by atoms with Crippen LogP contribution in [0, 0.1) is 0 Å². The van der Waals surface area contributed by atoms with Gasteiger partial charge in [-0.05, 0) is 12.1 Å². The van der Waals surface area contributed by atoms with E-state index in [4.69, 9.17) is 11.6 Å². The van der Waals surface area contributed by atoms with Crippen LogP contribution in [-0.2, 0) is 0 Å². The number of halogens is 1. The lowest BCUT2D eigenvalue weighted by Gasteiger charge is -1.97. The number of nitrogens with zero attached hydrogens (tertiary/aromatic N) is 2. The summed E-state index contributed by atoms with van der Waals surface area (Å²) in [6.07, 6.45) is 2.06. The van der Waals surface area contributed by atoms with E-state index in [1.54, 1.807) is 18.2 Å². The van der Waals surface area contributed by atoms with Crippen LogP contribution >= 0.6 is 11.6 Å². The Morgan fingerprint density at radius 3 is 3.00 bits per heavy atom. The number of aromatic nitrogens is 2. The number of benzene rings is 1. The Kier molecular flexibility index (Phi) is 1.94. The van der Waals surface area contributed by atoms with Gasteiger partial charge in [-0.3, -0.25) is 9.78 Å². The van der Waals surface area contributed by atoms with Crippen LogP contribution in [0.3, 0.4) is 0 Å². The van der Waals surface area contributed by atoms with Gasteiger partial charge in [-0.15, -0.1) is 0 Å². The van der Waals surface area contributed by atoms with E-state index in [0.717, 1.165) is 0 Å². The maximum Gasteiger partial charge on any atom is 0.170 e. The quantitative estimate of drug-likeness (QED) is 0.650. The number of para-hydroxylation sites is 1. The molecule has 0 saturated carbocycles. The summed E-state index contributed by atoms with van der Waals surface area (Å²) in [6.45, 7) is 0. The van der Waals surface area contributed by atoms with Crippen molar-refractivity contribution in [3.63, 3.8) is 0 Å². The molecule has 13 heavy (non-hydrogen) atoms. The molecule has 1 heterocycles. The first-order valence-electron chi connectivity index (χ1n) is 3.68. The first-order chi connectivity index (χ1) is 6.31. The molecule has 1 aromatic carbocycles. The lowest BCUT2D eigenvalue weighted by atomic mass is 10.3. The second-order valence-corrected chi connectivity index (χ2v) is 2.93. The van der Waals surface area contributed by atoms with Crippen LogP contribution in [0.1, 0.15) is 10.5 Å². The highest BCUT2D eigenvalue weighted by Crippen LogP contribution is 2.18. The van der Waals surface area contributed by atoms with Crippen LogP contribution in [0.2, 0.25) is 5.02 Å². The summed E-state index contributed by atoms with van der Waals surface area (Å²) in [5, 5.41) is 0.544. The second kappa shape index (κ2) is 3.11. The van der Waals surface area contributed by atoms with Crippen LogP contribution in [0.25, 0.3) is 11.0 Å². The third-order valence-electron chi connectivity index (χ3n) is 1.66. The van der Waals surface area contributed by atoms with E-state index >= 15 is 0 Å². The maximum atomic E-state index is 10.4. The number of hydrogen-bond donors (Lipinski definition) is 0. The minimum Gasteiger partial charge on any atom is -0.296 e. The fraction of sp³-hybridized carbons (Fsp3) is 0. The average Bonchev–Trinajstić information content (AvgIpc) is 2.18. The molecule has 2 aromatic rings. The highest BCUT2D eigenvalue weighted by atomic mass is 35.5. The lowest BCUT2D eigenvalue weighted by Crippen LogP contribution is -1.90. The predicted octanol–water partition coefficient (Wildman–Crippen LogP) is 2.10. The van der Waals surface area contributed by atoms with Crippen molar-refractivity contribution in [2.75, 3.05) is 0 Å². The molecule has 64 valence electrons. The normalized spacial score (nSPS) is 10.2. The topological polar surface area (TPSA) is 42.9 Å². The molecule has 4 heteroatoms. The summed E-state index contributed by atoms with van der Waals surface area (Å²) in [6, 6.07) is 5.27. The summed E-state index contributed by atoms with van der Waals surface area (Å²) in [5.41, 5.74) is 1.57. The van der Waals surface area contributed by atoms with Crippen molar-refractivity contribution in [3.05, 3.63) is 35.1 Å². The highest BCUT2D eigenvalue weighted by molar-refractivity contribution is 6.34. The minimum atomic E-state index is 0.315. The molecule has 0 atom stereocenters. The smallest absolute Gasteiger partial charge is 0.170 e. The summed E-state index contributed by atoms with van der Waals surface area (Å²) in [7, 11) is 0. The number of aldehydes is 1. The van der Waals surface area contributed by atoms with Crippen LogP contribution < -0.4 is 0 Å². The fourth-order valence-corrected chi connectivity index (χ4v) is 1.30. The Morgan fingerprint density at radius 2 is 2.23 bits per heavy atom. The summed E-state index contributed by atoms with van der Waals surface area (Å²) in [4.78, 5) is 18.5. The van der Waals surface area contributed by atoms with Crippen molar-refractivity contribution in [3.8, 4) is 0 Å². The standard InChI is InChI=1S/C9H5ClN2O/c10-7-2-1-3-8-9(7)11-4-6(5-13)12-8/h1-5H. The number of fused-ring (bicyclic) bond motifs is 1. The van der Waals surface area contributed by atoms with Gasteiger partial charge in [0.1, 0.15) is 11.2 Å². The molecule has 0 unspecified atom stereocenters. The van der Waals surface area contributed by atoms with Gasteiger partial charge in [0.15, 0.2) is 6.29 Å². The molecule has 2 rings (SSSR count). The van der Waals surface area contributed by atoms with Gasteiger partial charge in [0.25, 0.3) is 0 Å². The zero-order valence-corrected chi connectivity index (χ0v) is 7.32. The summed E-state index contributed by atoms with van der Waals surface area (Å²) >= 11 is 5.86. The maximum absolute atomic E-state index is 10.4. The van der Waals surface area contributed by atoms with Crippen molar-refractivity contribution in [1.82, 2.24) is 9.97 Å². The predicted molar refractivity (Wildman–Crippen MR) is 49.9 cm³/mol. The van der Waals surface area contributed by atoms with Crippen molar-refractivity contribution in [2.45, 2.75) is 0 Å². The molecule has 0 fully saturated rings. The van der Waals surface area contributed by atoms with Crippen molar-refractivity contribution < 1.29 is 4.79 Å². The van der Waals surface area contributed by atoms with E-state index in [1.165, 1.54) is 6.20 Å². The molecule has 1 aromatic heterocycles. The second-order valence-electron chi connectivity index (χ2n) is 2.52. The largest absolute Gasteiger partial charge is 0.296 e. The molecule has 0 radical (unpaired) electrons. The Balaban J connectivity index is 2.79. The molecule has 0 aliphatic carbocycles. The van der Waals surface area contributed by atoms with Gasteiger partial charge in [0.2, 0.25) is 0 Å². The molecular weight excluding hydrogens is 188 g/mol. The third kappa shape index (κ3) is 1.38. The molecule has 0 bridgehead atoms. The first-order valence-corrected chi connectivity index (χ1v) is 4.05. The fourth-order valence-electron chi connectivity index (χ4n) is 1.08. The zero-order chi connectivity index (χ0) is 9.26. The average molecular weight is 193 g/mol. The lowest BCUT2D eigenvalue weighted by molar-refractivity contribution is 0.111. The monoisotopic (exact) mass is 192 g/mol.